The normalized spacial score (nSPS) is 11.7. The minimum Gasteiger partial charge on any atom is -0.330 e. The van der Waals surface area contributed by atoms with Gasteiger partial charge >= 0.3 is 0 Å². The third-order valence-corrected chi connectivity index (χ3v) is 4.78. The average Bonchev–Trinajstić information content (AvgIpc) is 2.76. The van der Waals surface area contributed by atoms with Crippen molar-refractivity contribution in [1.29, 1.82) is 0 Å². The fourth-order valence-corrected chi connectivity index (χ4v) is 3.53. The average molecular weight is 296 g/mol. The molecular formula is C13H16N2O2S2. The summed E-state index contributed by atoms with van der Waals surface area (Å²) in [5.74, 6) is 0. The van der Waals surface area contributed by atoms with Crippen LogP contribution >= 0.6 is 11.3 Å². The summed E-state index contributed by atoms with van der Waals surface area (Å²) < 4.78 is 23.7. The van der Waals surface area contributed by atoms with Gasteiger partial charge in [-0.15, -0.1) is 11.3 Å². The molecule has 0 radical (unpaired) electrons. The van der Waals surface area contributed by atoms with E-state index in [1.54, 1.807) is 12.1 Å². The zero-order valence-electron chi connectivity index (χ0n) is 10.9. The molecule has 0 amide bonds. The van der Waals surface area contributed by atoms with Crippen molar-refractivity contribution in [3.05, 3.63) is 34.2 Å². The lowest BCUT2D eigenvalue weighted by atomic mass is 10.1. The van der Waals surface area contributed by atoms with Crippen LogP contribution in [0.15, 0.2) is 28.5 Å². The van der Waals surface area contributed by atoms with E-state index in [4.69, 9.17) is 5.73 Å². The predicted molar refractivity (Wildman–Crippen MR) is 78.2 cm³/mol. The largest absolute Gasteiger partial charge is 0.330 e. The summed E-state index contributed by atoms with van der Waals surface area (Å²) in [6, 6.07) is 5.30. The SMILES string of the molecule is Cc1ccc(S(C)(=O)=O)c(-c2csc(CCN)n2)c1. The van der Waals surface area contributed by atoms with Gasteiger partial charge in [0.15, 0.2) is 9.84 Å². The van der Waals surface area contributed by atoms with E-state index < -0.39 is 9.84 Å². The first kappa shape index (κ1) is 14.2. The standard InChI is InChI=1S/C13H16N2O2S2/c1-9-3-4-12(19(2,16)17)10(7-9)11-8-18-13(15-11)5-6-14/h3-4,7-8H,5-6,14H2,1-2H3. The molecule has 0 saturated heterocycles. The fourth-order valence-electron chi connectivity index (χ4n) is 1.84. The van der Waals surface area contributed by atoms with Crippen molar-refractivity contribution in [3.8, 4) is 11.3 Å². The van der Waals surface area contributed by atoms with Crippen LogP contribution in [0.5, 0.6) is 0 Å². The van der Waals surface area contributed by atoms with Crippen LogP contribution in [0.2, 0.25) is 0 Å². The molecule has 2 aromatic rings. The number of benzene rings is 1. The molecule has 6 heteroatoms. The maximum Gasteiger partial charge on any atom is 0.176 e. The van der Waals surface area contributed by atoms with E-state index in [1.807, 2.05) is 18.4 Å². The quantitative estimate of drug-likeness (QED) is 0.937. The Morgan fingerprint density at radius 1 is 1.37 bits per heavy atom. The summed E-state index contributed by atoms with van der Waals surface area (Å²) in [7, 11) is -3.26. The lowest BCUT2D eigenvalue weighted by Crippen LogP contribution is -2.03. The van der Waals surface area contributed by atoms with Crippen LogP contribution in [0.3, 0.4) is 0 Å². The van der Waals surface area contributed by atoms with Crippen LogP contribution in [0.25, 0.3) is 11.3 Å². The summed E-state index contributed by atoms with van der Waals surface area (Å²) >= 11 is 1.51. The molecule has 0 spiro atoms. The molecule has 1 heterocycles. The molecule has 1 aromatic heterocycles. The smallest absolute Gasteiger partial charge is 0.176 e. The van der Waals surface area contributed by atoms with Crippen molar-refractivity contribution < 1.29 is 8.42 Å². The molecular weight excluding hydrogens is 280 g/mol. The summed E-state index contributed by atoms with van der Waals surface area (Å²) in [4.78, 5) is 4.78. The van der Waals surface area contributed by atoms with E-state index in [0.717, 1.165) is 10.6 Å². The highest BCUT2D eigenvalue weighted by Crippen LogP contribution is 2.29. The van der Waals surface area contributed by atoms with E-state index >= 15 is 0 Å². The van der Waals surface area contributed by atoms with Gasteiger partial charge in [-0.25, -0.2) is 13.4 Å². The van der Waals surface area contributed by atoms with Gasteiger partial charge in [0, 0.05) is 23.6 Å². The van der Waals surface area contributed by atoms with Gasteiger partial charge in [-0.2, -0.15) is 0 Å². The topological polar surface area (TPSA) is 73.0 Å². The third-order valence-electron chi connectivity index (χ3n) is 2.72. The van der Waals surface area contributed by atoms with Crippen molar-refractivity contribution in [2.45, 2.75) is 18.2 Å². The van der Waals surface area contributed by atoms with Crippen molar-refractivity contribution in [2.75, 3.05) is 12.8 Å². The molecule has 102 valence electrons. The maximum atomic E-state index is 11.8. The molecule has 2 N–H and O–H groups in total. The highest BCUT2D eigenvalue weighted by Gasteiger charge is 2.16. The van der Waals surface area contributed by atoms with E-state index in [2.05, 4.69) is 4.98 Å². The molecule has 0 aliphatic rings. The highest BCUT2D eigenvalue weighted by molar-refractivity contribution is 7.90. The Bertz CT molecular complexity index is 690. The van der Waals surface area contributed by atoms with Crippen molar-refractivity contribution >= 4 is 21.2 Å². The first-order valence-corrected chi connectivity index (χ1v) is 8.64. The van der Waals surface area contributed by atoms with Gasteiger partial charge in [0.25, 0.3) is 0 Å². The number of thiazole rings is 1. The van der Waals surface area contributed by atoms with Crippen LogP contribution in [0.1, 0.15) is 10.6 Å². The molecule has 0 aliphatic heterocycles. The lowest BCUT2D eigenvalue weighted by Gasteiger charge is -2.06. The van der Waals surface area contributed by atoms with Gasteiger partial charge in [-0.05, 0) is 25.6 Å². The number of hydrogen-bond acceptors (Lipinski definition) is 5. The van der Waals surface area contributed by atoms with Crippen LogP contribution < -0.4 is 5.73 Å². The van der Waals surface area contributed by atoms with Gasteiger partial charge in [0.1, 0.15) is 0 Å². The summed E-state index contributed by atoms with van der Waals surface area (Å²) in [6.07, 6.45) is 1.93. The molecule has 0 fully saturated rings. The zero-order chi connectivity index (χ0) is 14.0. The summed E-state index contributed by atoms with van der Waals surface area (Å²) in [5.41, 5.74) is 7.89. The zero-order valence-corrected chi connectivity index (χ0v) is 12.5. The number of rotatable bonds is 4. The van der Waals surface area contributed by atoms with Gasteiger partial charge in [-0.3, -0.25) is 0 Å². The lowest BCUT2D eigenvalue weighted by molar-refractivity contribution is 0.602. The van der Waals surface area contributed by atoms with E-state index in [-0.39, 0.29) is 0 Å². The second-order valence-corrected chi connectivity index (χ2v) is 7.36. The number of hydrogen-bond donors (Lipinski definition) is 1. The Morgan fingerprint density at radius 3 is 2.74 bits per heavy atom. The van der Waals surface area contributed by atoms with Crippen LogP contribution in [-0.4, -0.2) is 26.2 Å². The fraction of sp³-hybridized carbons (Fsp3) is 0.308. The minimum absolute atomic E-state index is 0.322. The number of nitrogens with two attached hydrogens (primary N) is 1. The second kappa shape index (κ2) is 5.40. The predicted octanol–water partition coefficient (Wildman–Crippen LogP) is 2.02. The van der Waals surface area contributed by atoms with E-state index in [0.29, 0.717) is 29.1 Å². The Kier molecular flexibility index (Phi) is 4.03. The Balaban J connectivity index is 2.56. The first-order valence-electron chi connectivity index (χ1n) is 5.87. The molecule has 0 bridgehead atoms. The molecule has 4 nitrogen and oxygen atoms in total. The second-order valence-electron chi connectivity index (χ2n) is 4.44. The van der Waals surface area contributed by atoms with Gasteiger partial charge < -0.3 is 5.73 Å². The highest BCUT2D eigenvalue weighted by atomic mass is 32.2. The Hall–Kier alpha value is -1.24. The first-order chi connectivity index (χ1) is 8.91. The van der Waals surface area contributed by atoms with E-state index in [1.165, 1.54) is 17.6 Å². The van der Waals surface area contributed by atoms with Crippen LogP contribution in [0.4, 0.5) is 0 Å². The Labute approximate surface area is 117 Å². The van der Waals surface area contributed by atoms with Gasteiger partial charge in [0.05, 0.1) is 15.6 Å². The molecule has 19 heavy (non-hydrogen) atoms. The molecule has 1 aromatic carbocycles. The van der Waals surface area contributed by atoms with Crippen molar-refractivity contribution in [3.63, 3.8) is 0 Å². The summed E-state index contributed by atoms with van der Waals surface area (Å²) in [6.45, 7) is 2.47. The number of aromatic nitrogens is 1. The molecule has 0 unspecified atom stereocenters. The number of sulfone groups is 1. The van der Waals surface area contributed by atoms with Gasteiger partial charge in [-0.1, -0.05) is 11.6 Å². The van der Waals surface area contributed by atoms with E-state index in [9.17, 15) is 8.42 Å². The monoisotopic (exact) mass is 296 g/mol. The maximum absolute atomic E-state index is 11.8. The number of nitrogens with zero attached hydrogens (tertiary/aromatic N) is 1. The molecule has 0 atom stereocenters. The number of aryl methyl sites for hydroxylation is 1. The Morgan fingerprint density at radius 2 is 2.11 bits per heavy atom. The van der Waals surface area contributed by atoms with Crippen LogP contribution in [0, 0.1) is 6.92 Å². The summed E-state index contributed by atoms with van der Waals surface area (Å²) in [5, 5.41) is 2.81. The van der Waals surface area contributed by atoms with Crippen molar-refractivity contribution in [2.24, 2.45) is 5.73 Å². The molecule has 2 rings (SSSR count). The third kappa shape index (κ3) is 3.20. The molecule has 0 saturated carbocycles. The van der Waals surface area contributed by atoms with Gasteiger partial charge in [0.2, 0.25) is 0 Å². The minimum atomic E-state index is -3.26. The van der Waals surface area contributed by atoms with Crippen LogP contribution in [-0.2, 0) is 16.3 Å². The van der Waals surface area contributed by atoms with Crippen molar-refractivity contribution in [1.82, 2.24) is 4.98 Å². The molecule has 0 aliphatic carbocycles.